The van der Waals surface area contributed by atoms with Crippen LogP contribution in [0.2, 0.25) is 0 Å². The highest BCUT2D eigenvalue weighted by Gasteiger charge is 2.26. The molecule has 0 bridgehead atoms. The van der Waals surface area contributed by atoms with E-state index in [1.807, 2.05) is 85.6 Å². The van der Waals surface area contributed by atoms with Gasteiger partial charge in [-0.15, -0.1) is 5.10 Å². The summed E-state index contributed by atoms with van der Waals surface area (Å²) in [4.78, 5) is 33.2. The minimum absolute atomic E-state index is 0.00217. The third-order valence-corrected chi connectivity index (χ3v) is 6.31. The number of carbonyl (C=O) groups excluding carboxylic acids is 2. The smallest absolute Gasteiger partial charge is 0.254 e. The topological polar surface area (TPSA) is 92.1 Å². The third-order valence-electron chi connectivity index (χ3n) is 6.31. The number of ether oxygens (including phenoxy) is 1. The number of hydrogen-bond acceptors (Lipinski definition) is 6. The number of nitrogens with one attached hydrogen (secondary N) is 1. The Bertz CT molecular complexity index is 1420. The maximum atomic E-state index is 12.9. The summed E-state index contributed by atoms with van der Waals surface area (Å²) in [6, 6.07) is 18.7. The Morgan fingerprint density at radius 1 is 0.946 bits per heavy atom. The SMILES string of the molecule is CC1CN(C(=O)c2ccc(Nc3nc4c(-c5ccc(C(=O)N(C)C)cc5)cccn4n3)cc2)CC(C)O1. The molecular weight excluding hydrogens is 468 g/mol. The van der Waals surface area contributed by atoms with E-state index in [1.54, 1.807) is 23.5 Å². The Balaban J connectivity index is 1.33. The molecule has 1 saturated heterocycles. The zero-order valence-electron chi connectivity index (χ0n) is 21.4. The van der Waals surface area contributed by atoms with Crippen molar-refractivity contribution in [2.45, 2.75) is 26.1 Å². The van der Waals surface area contributed by atoms with E-state index in [9.17, 15) is 9.59 Å². The molecule has 2 aromatic heterocycles. The van der Waals surface area contributed by atoms with Gasteiger partial charge in [0, 0.05) is 55.8 Å². The Kier molecular flexibility index (Phi) is 6.62. The number of rotatable bonds is 5. The molecule has 0 saturated carbocycles. The molecule has 9 nitrogen and oxygen atoms in total. The van der Waals surface area contributed by atoms with E-state index < -0.39 is 0 Å². The monoisotopic (exact) mass is 498 g/mol. The first-order valence-corrected chi connectivity index (χ1v) is 12.3. The van der Waals surface area contributed by atoms with E-state index >= 15 is 0 Å². The number of morpholine rings is 1. The molecule has 190 valence electrons. The molecule has 1 N–H and O–H groups in total. The van der Waals surface area contributed by atoms with Crippen LogP contribution < -0.4 is 5.32 Å². The highest BCUT2D eigenvalue weighted by Crippen LogP contribution is 2.26. The van der Waals surface area contributed by atoms with Crippen LogP contribution in [0.4, 0.5) is 11.6 Å². The van der Waals surface area contributed by atoms with Crippen molar-refractivity contribution in [2.75, 3.05) is 32.5 Å². The van der Waals surface area contributed by atoms with Crippen LogP contribution in [0.3, 0.4) is 0 Å². The first-order chi connectivity index (χ1) is 17.8. The predicted molar refractivity (Wildman–Crippen MR) is 142 cm³/mol. The third kappa shape index (κ3) is 5.17. The second-order valence-corrected chi connectivity index (χ2v) is 9.57. The quantitative estimate of drug-likeness (QED) is 0.446. The standard InChI is InChI=1S/C28H30N6O3/c1-18-16-33(17-19(2)37-18)27(36)22-11-13-23(14-12-22)29-28-30-25-24(6-5-15-34(25)31-28)20-7-9-21(10-8-20)26(35)32(3)4/h5-15,18-19H,16-17H2,1-4H3,(H,29,31). The van der Waals surface area contributed by atoms with Gasteiger partial charge in [0.05, 0.1) is 12.2 Å². The van der Waals surface area contributed by atoms with E-state index in [4.69, 9.17) is 9.72 Å². The van der Waals surface area contributed by atoms with Gasteiger partial charge < -0.3 is 19.9 Å². The van der Waals surface area contributed by atoms with Crippen LogP contribution in [0.25, 0.3) is 16.8 Å². The van der Waals surface area contributed by atoms with Gasteiger partial charge in [-0.2, -0.15) is 4.98 Å². The minimum atomic E-state index is -0.0412. The van der Waals surface area contributed by atoms with Crippen LogP contribution in [0.5, 0.6) is 0 Å². The molecule has 1 fully saturated rings. The molecule has 1 aliphatic rings. The van der Waals surface area contributed by atoms with Crippen molar-refractivity contribution in [3.8, 4) is 11.1 Å². The summed E-state index contributed by atoms with van der Waals surface area (Å²) in [5.41, 5.74) is 4.58. The van der Waals surface area contributed by atoms with Crippen LogP contribution >= 0.6 is 0 Å². The molecule has 5 rings (SSSR count). The number of hydrogen-bond donors (Lipinski definition) is 1. The Hall–Kier alpha value is -4.24. The van der Waals surface area contributed by atoms with Crippen LogP contribution in [0.15, 0.2) is 66.9 Å². The number of amides is 2. The molecule has 1 aliphatic heterocycles. The van der Waals surface area contributed by atoms with Gasteiger partial charge in [0.25, 0.3) is 11.8 Å². The zero-order valence-corrected chi connectivity index (χ0v) is 21.4. The summed E-state index contributed by atoms with van der Waals surface area (Å²) in [5, 5.41) is 7.79. The molecule has 4 aromatic rings. The van der Waals surface area contributed by atoms with Gasteiger partial charge >= 0.3 is 0 Å². The fraction of sp³-hybridized carbons (Fsp3) is 0.286. The average Bonchev–Trinajstić information content (AvgIpc) is 3.30. The summed E-state index contributed by atoms with van der Waals surface area (Å²) >= 11 is 0. The molecule has 0 radical (unpaired) electrons. The van der Waals surface area contributed by atoms with E-state index in [-0.39, 0.29) is 24.0 Å². The molecule has 0 spiro atoms. The molecule has 2 atom stereocenters. The largest absolute Gasteiger partial charge is 0.372 e. The van der Waals surface area contributed by atoms with Crippen molar-refractivity contribution < 1.29 is 14.3 Å². The summed E-state index contributed by atoms with van der Waals surface area (Å²) in [6.07, 6.45) is 1.89. The lowest BCUT2D eigenvalue weighted by atomic mass is 10.0. The summed E-state index contributed by atoms with van der Waals surface area (Å²) in [7, 11) is 3.47. The van der Waals surface area contributed by atoms with Crippen LogP contribution in [-0.4, -0.2) is 75.6 Å². The average molecular weight is 499 g/mol. The van der Waals surface area contributed by atoms with Gasteiger partial charge in [0.2, 0.25) is 5.95 Å². The maximum Gasteiger partial charge on any atom is 0.254 e. The summed E-state index contributed by atoms with van der Waals surface area (Å²) in [6.45, 7) is 5.14. The molecule has 0 aliphatic carbocycles. The molecule has 9 heteroatoms. The Labute approximate surface area is 215 Å². The lowest BCUT2D eigenvalue weighted by molar-refractivity contribution is -0.0586. The highest BCUT2D eigenvalue weighted by atomic mass is 16.5. The van der Waals surface area contributed by atoms with E-state index in [2.05, 4.69) is 10.4 Å². The van der Waals surface area contributed by atoms with E-state index in [0.717, 1.165) is 16.8 Å². The Morgan fingerprint density at radius 3 is 2.24 bits per heavy atom. The van der Waals surface area contributed by atoms with Crippen LogP contribution in [-0.2, 0) is 4.74 Å². The van der Waals surface area contributed by atoms with Gasteiger partial charge in [0.15, 0.2) is 5.65 Å². The minimum Gasteiger partial charge on any atom is -0.372 e. The number of nitrogens with zero attached hydrogens (tertiary/aromatic N) is 5. The maximum absolute atomic E-state index is 12.9. The van der Waals surface area contributed by atoms with E-state index in [0.29, 0.717) is 35.8 Å². The normalized spacial score (nSPS) is 17.6. The number of pyridine rings is 1. The zero-order chi connectivity index (χ0) is 26.1. The molecular formula is C28H30N6O3. The molecule has 2 unspecified atom stereocenters. The number of fused-ring (bicyclic) bond motifs is 1. The van der Waals surface area contributed by atoms with Crippen molar-refractivity contribution in [2.24, 2.45) is 0 Å². The Morgan fingerprint density at radius 2 is 1.59 bits per heavy atom. The van der Waals surface area contributed by atoms with Crippen molar-refractivity contribution in [3.63, 3.8) is 0 Å². The van der Waals surface area contributed by atoms with Gasteiger partial charge in [-0.25, -0.2) is 4.52 Å². The number of carbonyl (C=O) groups is 2. The molecule has 2 aromatic carbocycles. The number of anilines is 2. The van der Waals surface area contributed by atoms with Crippen LogP contribution in [0.1, 0.15) is 34.6 Å². The number of aromatic nitrogens is 3. The lowest BCUT2D eigenvalue weighted by Gasteiger charge is -2.35. The second-order valence-electron chi connectivity index (χ2n) is 9.57. The van der Waals surface area contributed by atoms with Gasteiger partial charge in [-0.05, 0) is 67.9 Å². The van der Waals surface area contributed by atoms with Gasteiger partial charge in [-0.3, -0.25) is 9.59 Å². The fourth-order valence-electron chi connectivity index (χ4n) is 4.59. The fourth-order valence-corrected chi connectivity index (χ4v) is 4.59. The first-order valence-electron chi connectivity index (χ1n) is 12.3. The first kappa shape index (κ1) is 24.5. The van der Waals surface area contributed by atoms with Gasteiger partial charge in [0.1, 0.15) is 0 Å². The molecule has 37 heavy (non-hydrogen) atoms. The van der Waals surface area contributed by atoms with Crippen molar-refractivity contribution in [1.29, 1.82) is 0 Å². The van der Waals surface area contributed by atoms with E-state index in [1.165, 1.54) is 0 Å². The van der Waals surface area contributed by atoms with Crippen molar-refractivity contribution in [3.05, 3.63) is 78.0 Å². The lowest BCUT2D eigenvalue weighted by Crippen LogP contribution is -2.48. The number of benzene rings is 2. The highest BCUT2D eigenvalue weighted by molar-refractivity contribution is 5.95. The predicted octanol–water partition coefficient (Wildman–Crippen LogP) is 4.09. The molecule has 3 heterocycles. The summed E-state index contributed by atoms with van der Waals surface area (Å²) < 4.78 is 7.46. The van der Waals surface area contributed by atoms with Crippen LogP contribution in [0, 0.1) is 0 Å². The van der Waals surface area contributed by atoms with Crippen molar-refractivity contribution >= 4 is 29.1 Å². The molecule has 2 amide bonds. The van der Waals surface area contributed by atoms with Crippen molar-refractivity contribution in [1.82, 2.24) is 24.4 Å². The summed E-state index contributed by atoms with van der Waals surface area (Å²) in [5.74, 6) is 0.407. The second kappa shape index (κ2) is 10.0. The van der Waals surface area contributed by atoms with Gasteiger partial charge in [-0.1, -0.05) is 12.1 Å².